The lowest BCUT2D eigenvalue weighted by atomic mass is 10.1. The number of pyridine rings is 1. The van der Waals surface area contributed by atoms with E-state index in [1.165, 1.54) is 0 Å². The number of piperidine rings is 1. The number of H-pyrrole nitrogens is 1. The number of aromatic amines is 1. The maximum atomic E-state index is 12.6. The van der Waals surface area contributed by atoms with Gasteiger partial charge in [-0.3, -0.25) is 9.69 Å². The predicted molar refractivity (Wildman–Crippen MR) is 109 cm³/mol. The van der Waals surface area contributed by atoms with Gasteiger partial charge in [0.25, 0.3) is 5.56 Å². The van der Waals surface area contributed by atoms with E-state index in [2.05, 4.69) is 31.2 Å². The molecular weight excluding hydrogens is 376 g/mol. The van der Waals surface area contributed by atoms with E-state index < -0.39 is 0 Å². The van der Waals surface area contributed by atoms with Gasteiger partial charge in [-0.1, -0.05) is 29.8 Å². The number of nitrogens with zero attached hydrogens (tertiary/aromatic N) is 4. The highest BCUT2D eigenvalue weighted by molar-refractivity contribution is 6.33. The maximum Gasteiger partial charge on any atom is 0.257 e. The lowest BCUT2D eigenvalue weighted by molar-refractivity contribution is 0.242. The normalized spacial score (nSPS) is 15.4. The summed E-state index contributed by atoms with van der Waals surface area (Å²) in [5.41, 5.74) is 1.42. The van der Waals surface area contributed by atoms with E-state index in [9.17, 15) is 4.79 Å². The second kappa shape index (κ2) is 7.97. The quantitative estimate of drug-likeness (QED) is 0.660. The number of hydrogen-bond acceptors (Lipinski definition) is 6. The molecule has 2 aromatic heterocycles. The van der Waals surface area contributed by atoms with Gasteiger partial charge in [0.05, 0.1) is 12.6 Å². The van der Waals surface area contributed by atoms with Crippen LogP contribution in [-0.2, 0) is 0 Å². The number of fused-ring (bicyclic) bond motifs is 1. The average molecular weight is 395 g/mol. The molecule has 1 aliphatic rings. The Kier molecular flexibility index (Phi) is 5.24. The summed E-state index contributed by atoms with van der Waals surface area (Å²) in [5.74, 6) is 0.493. The second-order valence-corrected chi connectivity index (χ2v) is 7.25. The summed E-state index contributed by atoms with van der Waals surface area (Å²) < 4.78 is 0. The number of likely N-dealkylation sites (tertiary alicyclic amines) is 1. The Bertz CT molecular complexity index is 1100. The summed E-state index contributed by atoms with van der Waals surface area (Å²) >= 11 is 6.23. The number of benzene rings is 1. The van der Waals surface area contributed by atoms with Crippen molar-refractivity contribution in [1.29, 1.82) is 5.26 Å². The monoisotopic (exact) mass is 394 g/mol. The molecule has 0 radical (unpaired) electrons. The van der Waals surface area contributed by atoms with Gasteiger partial charge in [-0.05, 0) is 25.0 Å². The SMILES string of the molecule is N#CCN1CCC(Nc2ncc3cc(-c4ccccc4Cl)c(=O)[nH]c3n2)CC1. The number of nitrogens with one attached hydrogen (secondary N) is 2. The van der Waals surface area contributed by atoms with Gasteiger partial charge in [0.15, 0.2) is 0 Å². The van der Waals surface area contributed by atoms with Crippen LogP contribution in [0.1, 0.15) is 12.8 Å². The highest BCUT2D eigenvalue weighted by Gasteiger charge is 2.19. The van der Waals surface area contributed by atoms with Crippen molar-refractivity contribution in [2.75, 3.05) is 25.0 Å². The van der Waals surface area contributed by atoms with E-state index in [1.54, 1.807) is 18.3 Å². The average Bonchev–Trinajstić information content (AvgIpc) is 2.70. The van der Waals surface area contributed by atoms with Crippen LogP contribution >= 0.6 is 11.6 Å². The van der Waals surface area contributed by atoms with E-state index in [1.807, 2.05) is 18.2 Å². The molecule has 0 spiro atoms. The summed E-state index contributed by atoms with van der Waals surface area (Å²) in [6.07, 6.45) is 3.54. The molecule has 1 saturated heterocycles. The van der Waals surface area contributed by atoms with Crippen LogP contribution in [-0.4, -0.2) is 45.5 Å². The molecule has 3 aromatic rings. The van der Waals surface area contributed by atoms with E-state index in [-0.39, 0.29) is 11.6 Å². The third kappa shape index (κ3) is 3.84. The van der Waals surface area contributed by atoms with Gasteiger partial charge in [-0.25, -0.2) is 4.98 Å². The zero-order chi connectivity index (χ0) is 19.5. The van der Waals surface area contributed by atoms with Crippen molar-refractivity contribution in [1.82, 2.24) is 19.9 Å². The highest BCUT2D eigenvalue weighted by Crippen LogP contribution is 2.26. The Morgan fingerprint density at radius 2 is 2.07 bits per heavy atom. The summed E-state index contributed by atoms with van der Waals surface area (Å²) in [6.45, 7) is 2.21. The number of hydrogen-bond donors (Lipinski definition) is 2. The van der Waals surface area contributed by atoms with Crippen molar-refractivity contribution in [2.24, 2.45) is 0 Å². The first-order chi connectivity index (χ1) is 13.6. The largest absolute Gasteiger partial charge is 0.351 e. The van der Waals surface area contributed by atoms with Gasteiger partial charge in [0.1, 0.15) is 5.65 Å². The molecule has 7 nitrogen and oxygen atoms in total. The molecule has 8 heteroatoms. The third-order valence-electron chi connectivity index (χ3n) is 4.97. The zero-order valence-corrected chi connectivity index (χ0v) is 15.9. The van der Waals surface area contributed by atoms with Crippen molar-refractivity contribution in [2.45, 2.75) is 18.9 Å². The Hall–Kier alpha value is -2.95. The van der Waals surface area contributed by atoms with Gasteiger partial charge in [0.2, 0.25) is 5.95 Å². The number of nitriles is 1. The molecule has 2 N–H and O–H groups in total. The summed E-state index contributed by atoms with van der Waals surface area (Å²) in [7, 11) is 0. The lowest BCUT2D eigenvalue weighted by Gasteiger charge is -2.30. The molecule has 0 saturated carbocycles. The molecule has 0 amide bonds. The first-order valence-corrected chi connectivity index (χ1v) is 9.52. The minimum absolute atomic E-state index is 0.241. The standard InChI is InChI=1S/C20H19ClN6O/c21-17-4-2-1-3-15(17)16-11-13-12-23-20(26-18(13)25-19(16)28)24-14-5-8-27(9-6-14)10-7-22/h1-4,11-12,14H,5-6,8-10H2,(H2,23,24,25,26,28). The van der Waals surface area contributed by atoms with Crippen molar-refractivity contribution in [3.05, 3.63) is 51.9 Å². The van der Waals surface area contributed by atoms with Crippen LogP contribution in [0, 0.1) is 11.3 Å². The van der Waals surface area contributed by atoms with E-state index >= 15 is 0 Å². The fraction of sp³-hybridized carbons (Fsp3) is 0.300. The van der Waals surface area contributed by atoms with Crippen molar-refractivity contribution in [3.63, 3.8) is 0 Å². The van der Waals surface area contributed by atoms with E-state index in [4.69, 9.17) is 16.9 Å². The molecule has 142 valence electrons. The minimum atomic E-state index is -0.241. The smallest absolute Gasteiger partial charge is 0.257 e. The van der Waals surface area contributed by atoms with Gasteiger partial charge >= 0.3 is 0 Å². The molecule has 1 fully saturated rings. The van der Waals surface area contributed by atoms with Gasteiger partial charge in [-0.2, -0.15) is 10.2 Å². The van der Waals surface area contributed by atoms with Crippen molar-refractivity contribution >= 4 is 28.6 Å². The van der Waals surface area contributed by atoms with Crippen LogP contribution in [0.2, 0.25) is 5.02 Å². The number of rotatable bonds is 4. The Morgan fingerprint density at radius 3 is 2.82 bits per heavy atom. The second-order valence-electron chi connectivity index (χ2n) is 6.84. The van der Waals surface area contributed by atoms with Gasteiger partial charge < -0.3 is 10.3 Å². The van der Waals surface area contributed by atoms with Crippen LogP contribution in [0.25, 0.3) is 22.2 Å². The topological polar surface area (TPSA) is 97.7 Å². The third-order valence-corrected chi connectivity index (χ3v) is 5.30. The van der Waals surface area contributed by atoms with Gasteiger partial charge in [-0.15, -0.1) is 0 Å². The molecular formula is C20H19ClN6O. The van der Waals surface area contributed by atoms with E-state index in [0.29, 0.717) is 34.3 Å². The Labute approximate surface area is 167 Å². The molecule has 1 aliphatic heterocycles. The van der Waals surface area contributed by atoms with Gasteiger partial charge in [0, 0.05) is 46.9 Å². The molecule has 0 aliphatic carbocycles. The predicted octanol–water partition coefficient (Wildman–Crippen LogP) is 3.04. The Balaban J connectivity index is 1.56. The summed E-state index contributed by atoms with van der Waals surface area (Å²) in [5, 5.41) is 13.4. The van der Waals surface area contributed by atoms with Crippen LogP contribution in [0.15, 0.2) is 41.3 Å². The molecule has 0 atom stereocenters. The number of anilines is 1. The zero-order valence-electron chi connectivity index (χ0n) is 15.2. The lowest BCUT2D eigenvalue weighted by Crippen LogP contribution is -2.39. The van der Waals surface area contributed by atoms with Crippen molar-refractivity contribution < 1.29 is 0 Å². The molecule has 1 aromatic carbocycles. The maximum absolute atomic E-state index is 12.6. The molecule has 4 rings (SSSR count). The molecule has 0 bridgehead atoms. The van der Waals surface area contributed by atoms with E-state index in [0.717, 1.165) is 31.3 Å². The summed E-state index contributed by atoms with van der Waals surface area (Å²) in [6, 6.07) is 11.4. The first-order valence-electron chi connectivity index (χ1n) is 9.15. The van der Waals surface area contributed by atoms with Crippen LogP contribution in [0.4, 0.5) is 5.95 Å². The summed E-state index contributed by atoms with van der Waals surface area (Å²) in [4.78, 5) is 26.4. The Morgan fingerprint density at radius 1 is 1.29 bits per heavy atom. The number of aromatic nitrogens is 3. The first kappa shape index (κ1) is 18.4. The number of halogens is 1. The molecule has 0 unspecified atom stereocenters. The highest BCUT2D eigenvalue weighted by atomic mass is 35.5. The fourth-order valence-corrected chi connectivity index (χ4v) is 3.70. The van der Waals surface area contributed by atoms with Crippen molar-refractivity contribution in [3.8, 4) is 17.2 Å². The minimum Gasteiger partial charge on any atom is -0.351 e. The van der Waals surface area contributed by atoms with Crippen LogP contribution in [0.3, 0.4) is 0 Å². The molecule has 3 heterocycles. The molecule has 28 heavy (non-hydrogen) atoms. The fourth-order valence-electron chi connectivity index (χ4n) is 3.46. The van der Waals surface area contributed by atoms with Crippen LogP contribution < -0.4 is 10.9 Å². The van der Waals surface area contributed by atoms with Crippen LogP contribution in [0.5, 0.6) is 0 Å².